The molecule has 0 spiro atoms. The number of pyridine rings is 1. The van der Waals surface area contributed by atoms with Crippen molar-refractivity contribution in [3.05, 3.63) is 42.7 Å². The minimum atomic E-state index is -0.395. The van der Waals surface area contributed by atoms with Crippen LogP contribution in [0, 0.1) is 5.82 Å². The fraction of sp³-hybridized carbons (Fsp3) is 0.517. The van der Waals surface area contributed by atoms with Gasteiger partial charge in [-0.05, 0) is 57.1 Å². The molecule has 0 bridgehead atoms. The second-order valence-corrected chi connectivity index (χ2v) is 10.3. The fourth-order valence-electron chi connectivity index (χ4n) is 5.42. The number of unbranched alkanes of at least 4 members (excludes halogenated alkanes) is 3. The molecule has 9 heteroatoms. The van der Waals surface area contributed by atoms with Gasteiger partial charge in [0.2, 0.25) is 5.91 Å². The van der Waals surface area contributed by atoms with Crippen LogP contribution in [0.4, 0.5) is 4.39 Å². The van der Waals surface area contributed by atoms with Gasteiger partial charge < -0.3 is 19.6 Å². The highest BCUT2D eigenvalue weighted by Crippen LogP contribution is 2.33. The van der Waals surface area contributed by atoms with E-state index in [0.29, 0.717) is 23.3 Å². The van der Waals surface area contributed by atoms with Gasteiger partial charge in [-0.25, -0.2) is 19.3 Å². The lowest BCUT2D eigenvalue weighted by atomic mass is 9.90. The molecular formula is C29H37FN6O2. The summed E-state index contributed by atoms with van der Waals surface area (Å²) in [5.74, 6) is 0.267. The molecule has 1 aliphatic rings. The maximum atomic E-state index is 13.8. The van der Waals surface area contributed by atoms with Crippen molar-refractivity contribution in [1.82, 2.24) is 29.8 Å². The van der Waals surface area contributed by atoms with Crippen LogP contribution in [0.3, 0.4) is 0 Å². The number of halogens is 1. The molecule has 0 radical (unpaired) electrons. The standard InChI is InChI=1S/C29H37FN6O2/c1-2-3-5-13-38-14-6-4-10-26(37)34-22-8-7-9-23(16-22)36-12-11-20-17-31-28(35-29(20)36)25-19-33-27-24(25)15-21(30)18-32-27/h11-12,15,17-19,22-23H,2-10,13-14,16H2,1H3,(H,32,33)(H,34,37)/t22-,23+/m0/s1. The summed E-state index contributed by atoms with van der Waals surface area (Å²) in [6.45, 7) is 3.74. The molecule has 202 valence electrons. The predicted octanol–water partition coefficient (Wildman–Crippen LogP) is 6.09. The second-order valence-electron chi connectivity index (χ2n) is 10.3. The highest BCUT2D eigenvalue weighted by atomic mass is 19.1. The summed E-state index contributed by atoms with van der Waals surface area (Å²) in [7, 11) is 0. The third kappa shape index (κ3) is 6.20. The second kappa shape index (κ2) is 12.5. The number of hydrogen-bond acceptors (Lipinski definition) is 5. The first-order chi connectivity index (χ1) is 18.6. The first kappa shape index (κ1) is 26.3. The SMILES string of the molecule is CCCCCOCCCCC(=O)N[C@H]1CCC[C@@H](n2ccc3cnc(-c4c[nH]c5ncc(F)cc45)nc32)C1. The number of fused-ring (bicyclic) bond motifs is 2. The van der Waals surface area contributed by atoms with Crippen LogP contribution in [0.1, 0.15) is 77.2 Å². The Balaban J connectivity index is 1.20. The van der Waals surface area contributed by atoms with Gasteiger partial charge in [-0.1, -0.05) is 19.8 Å². The summed E-state index contributed by atoms with van der Waals surface area (Å²) in [6, 6.07) is 3.89. The van der Waals surface area contributed by atoms with Crippen LogP contribution < -0.4 is 5.32 Å². The van der Waals surface area contributed by atoms with Crippen LogP contribution in [0.15, 0.2) is 36.9 Å². The largest absolute Gasteiger partial charge is 0.381 e. The highest BCUT2D eigenvalue weighted by Gasteiger charge is 2.26. The average Bonchev–Trinajstić information content (AvgIpc) is 3.54. The van der Waals surface area contributed by atoms with Gasteiger partial charge in [-0.15, -0.1) is 0 Å². The van der Waals surface area contributed by atoms with Gasteiger partial charge in [0, 0.05) is 66.6 Å². The molecule has 4 aromatic heterocycles. The van der Waals surface area contributed by atoms with E-state index in [4.69, 9.17) is 9.72 Å². The smallest absolute Gasteiger partial charge is 0.220 e. The molecule has 4 heterocycles. The van der Waals surface area contributed by atoms with Gasteiger partial charge in [0.25, 0.3) is 0 Å². The Morgan fingerprint density at radius 1 is 1.18 bits per heavy atom. The van der Waals surface area contributed by atoms with E-state index in [1.165, 1.54) is 25.1 Å². The molecule has 0 aliphatic heterocycles. The van der Waals surface area contributed by atoms with Gasteiger partial charge in [0.1, 0.15) is 17.1 Å². The van der Waals surface area contributed by atoms with Crippen molar-refractivity contribution in [2.24, 2.45) is 0 Å². The van der Waals surface area contributed by atoms with Gasteiger partial charge >= 0.3 is 0 Å². The van der Waals surface area contributed by atoms with E-state index >= 15 is 0 Å². The first-order valence-electron chi connectivity index (χ1n) is 14.0. The number of hydrogen-bond donors (Lipinski definition) is 2. The number of aromatic amines is 1. The summed E-state index contributed by atoms with van der Waals surface area (Å²) in [6.07, 6.45) is 16.6. The monoisotopic (exact) mass is 520 g/mol. The van der Waals surface area contributed by atoms with Crippen molar-refractivity contribution >= 4 is 28.0 Å². The minimum Gasteiger partial charge on any atom is -0.381 e. The number of H-pyrrole nitrogens is 1. The fourth-order valence-corrected chi connectivity index (χ4v) is 5.42. The molecular weight excluding hydrogens is 483 g/mol. The molecule has 0 unspecified atom stereocenters. The molecule has 8 nitrogen and oxygen atoms in total. The van der Waals surface area contributed by atoms with Crippen molar-refractivity contribution in [3.8, 4) is 11.4 Å². The Labute approximate surface area is 222 Å². The number of nitrogens with zero attached hydrogens (tertiary/aromatic N) is 4. The van der Waals surface area contributed by atoms with Crippen LogP contribution in [0.5, 0.6) is 0 Å². The molecule has 38 heavy (non-hydrogen) atoms. The van der Waals surface area contributed by atoms with Gasteiger partial charge in [-0.2, -0.15) is 0 Å². The Hall–Kier alpha value is -3.33. The Morgan fingerprint density at radius 2 is 2.05 bits per heavy atom. The quantitative estimate of drug-likeness (QED) is 0.220. The van der Waals surface area contributed by atoms with Crippen LogP contribution in [-0.4, -0.2) is 49.7 Å². The molecule has 0 saturated heterocycles. The molecule has 5 rings (SSSR count). The van der Waals surface area contributed by atoms with Crippen molar-refractivity contribution in [2.45, 2.75) is 83.2 Å². The third-order valence-electron chi connectivity index (χ3n) is 7.43. The summed E-state index contributed by atoms with van der Waals surface area (Å²) in [5, 5.41) is 4.88. The zero-order chi connectivity index (χ0) is 26.3. The lowest BCUT2D eigenvalue weighted by Crippen LogP contribution is -2.38. The maximum absolute atomic E-state index is 13.8. The summed E-state index contributed by atoms with van der Waals surface area (Å²) >= 11 is 0. The predicted molar refractivity (Wildman–Crippen MR) is 146 cm³/mol. The number of amides is 1. The van der Waals surface area contributed by atoms with Crippen molar-refractivity contribution in [2.75, 3.05) is 13.2 Å². The zero-order valence-electron chi connectivity index (χ0n) is 22.1. The molecule has 2 atom stereocenters. The molecule has 2 N–H and O–H groups in total. The van der Waals surface area contributed by atoms with Gasteiger partial charge in [-0.3, -0.25) is 4.79 Å². The van der Waals surface area contributed by atoms with E-state index < -0.39 is 5.82 Å². The molecule has 4 aromatic rings. The average molecular weight is 521 g/mol. The topological polar surface area (TPSA) is 97.7 Å². The number of rotatable bonds is 12. The molecule has 0 aromatic carbocycles. The first-order valence-corrected chi connectivity index (χ1v) is 14.0. The zero-order valence-corrected chi connectivity index (χ0v) is 22.1. The van der Waals surface area contributed by atoms with Gasteiger partial charge in [0.05, 0.1) is 6.20 Å². The lowest BCUT2D eigenvalue weighted by Gasteiger charge is -2.31. The maximum Gasteiger partial charge on any atom is 0.220 e. The third-order valence-corrected chi connectivity index (χ3v) is 7.43. The molecule has 1 fully saturated rings. The van der Waals surface area contributed by atoms with E-state index in [1.807, 2.05) is 12.3 Å². The van der Waals surface area contributed by atoms with Crippen molar-refractivity contribution in [3.63, 3.8) is 0 Å². The lowest BCUT2D eigenvalue weighted by molar-refractivity contribution is -0.122. The summed E-state index contributed by atoms with van der Waals surface area (Å²) in [4.78, 5) is 29.2. The van der Waals surface area contributed by atoms with E-state index in [-0.39, 0.29) is 18.0 Å². The number of carbonyl (C=O) groups excluding carboxylic acids is 1. The minimum absolute atomic E-state index is 0.129. The summed E-state index contributed by atoms with van der Waals surface area (Å²) in [5.41, 5.74) is 2.18. The number of ether oxygens (including phenoxy) is 1. The van der Waals surface area contributed by atoms with Crippen LogP contribution >= 0.6 is 0 Å². The summed E-state index contributed by atoms with van der Waals surface area (Å²) < 4.78 is 21.7. The molecule has 1 saturated carbocycles. The van der Waals surface area contributed by atoms with Crippen molar-refractivity contribution < 1.29 is 13.9 Å². The Kier molecular flexibility index (Phi) is 8.63. The van der Waals surface area contributed by atoms with Crippen molar-refractivity contribution in [1.29, 1.82) is 0 Å². The normalized spacial score (nSPS) is 17.8. The van der Waals surface area contributed by atoms with E-state index in [1.54, 1.807) is 6.20 Å². The highest BCUT2D eigenvalue weighted by molar-refractivity contribution is 5.92. The number of nitrogens with one attached hydrogen (secondary N) is 2. The Bertz CT molecular complexity index is 1370. The molecule has 1 aliphatic carbocycles. The van der Waals surface area contributed by atoms with Crippen LogP contribution in [0.25, 0.3) is 33.5 Å². The Morgan fingerprint density at radius 3 is 2.92 bits per heavy atom. The van der Waals surface area contributed by atoms with E-state index in [0.717, 1.165) is 74.8 Å². The van der Waals surface area contributed by atoms with E-state index in [2.05, 4.69) is 38.0 Å². The van der Waals surface area contributed by atoms with Crippen LogP contribution in [-0.2, 0) is 9.53 Å². The number of carbonyl (C=O) groups is 1. The van der Waals surface area contributed by atoms with Crippen LogP contribution in [0.2, 0.25) is 0 Å². The molecule has 1 amide bonds. The van der Waals surface area contributed by atoms with E-state index in [9.17, 15) is 9.18 Å². The van der Waals surface area contributed by atoms with Gasteiger partial charge in [0.15, 0.2) is 5.82 Å². The number of aromatic nitrogens is 5.